The number of pyridine rings is 2. The maximum Gasteiger partial charge on any atom is 0.235 e. The molecule has 2 heterocycles. The largest absolute Gasteiger partial charge is 0.410 e. The number of fused-ring (bicyclic) bond motifs is 3. The lowest BCUT2D eigenvalue weighted by molar-refractivity contribution is 0.105. The van der Waals surface area contributed by atoms with Crippen LogP contribution < -0.4 is 0 Å². The summed E-state index contributed by atoms with van der Waals surface area (Å²) in [6.07, 6.45) is 3.09. The summed E-state index contributed by atoms with van der Waals surface area (Å²) in [5.74, 6) is -0.408. The lowest BCUT2D eigenvalue weighted by atomic mass is 9.90. The molecule has 1 aliphatic carbocycles. The first-order valence-corrected chi connectivity index (χ1v) is 5.00. The van der Waals surface area contributed by atoms with Crippen molar-refractivity contribution in [3.05, 3.63) is 48.0 Å². The lowest BCUT2D eigenvalue weighted by Crippen LogP contribution is -2.24. The minimum atomic E-state index is -0.408. The molecule has 3 rings (SSSR count). The number of Topliss-reactive ketones (excluding diaryl/α,β-unsaturated/α-hetero) is 1. The van der Waals surface area contributed by atoms with Crippen molar-refractivity contribution in [1.29, 1.82) is 0 Å². The molecule has 0 atom stereocenters. The van der Waals surface area contributed by atoms with Crippen molar-refractivity contribution in [1.82, 2.24) is 9.97 Å². The number of oxime groups is 1. The highest BCUT2D eigenvalue weighted by molar-refractivity contribution is 6.53. The highest BCUT2D eigenvalue weighted by atomic mass is 16.4. The van der Waals surface area contributed by atoms with Gasteiger partial charge in [-0.05, 0) is 12.1 Å². The number of hydrogen-bond acceptors (Lipinski definition) is 5. The number of hydrogen-bond donors (Lipinski definition) is 1. The Kier molecular flexibility index (Phi) is 1.98. The third-order valence-corrected chi connectivity index (χ3v) is 2.66. The van der Waals surface area contributed by atoms with Crippen LogP contribution in [0.5, 0.6) is 0 Å². The zero-order valence-electron chi connectivity index (χ0n) is 8.66. The van der Waals surface area contributed by atoms with Crippen LogP contribution in [0.15, 0.2) is 41.8 Å². The van der Waals surface area contributed by atoms with Gasteiger partial charge in [-0.1, -0.05) is 17.3 Å². The van der Waals surface area contributed by atoms with Crippen LogP contribution in [0.1, 0.15) is 16.2 Å². The number of ketones is 1. The van der Waals surface area contributed by atoms with E-state index in [1.165, 1.54) is 6.20 Å². The van der Waals surface area contributed by atoms with Gasteiger partial charge in [-0.15, -0.1) is 0 Å². The maximum absolute atomic E-state index is 12.0. The summed E-state index contributed by atoms with van der Waals surface area (Å²) in [5.41, 5.74) is 2.09. The van der Waals surface area contributed by atoms with E-state index in [1.54, 1.807) is 24.4 Å². The Hall–Kier alpha value is -2.56. The van der Waals surface area contributed by atoms with Crippen LogP contribution >= 0.6 is 0 Å². The Morgan fingerprint density at radius 3 is 2.24 bits per heavy atom. The van der Waals surface area contributed by atoms with Crippen LogP contribution in [-0.4, -0.2) is 26.7 Å². The molecule has 5 heteroatoms. The fourth-order valence-electron chi connectivity index (χ4n) is 1.93. The molecule has 1 N–H and O–H groups in total. The molecule has 0 fully saturated rings. The number of nitrogens with zero attached hydrogens (tertiary/aromatic N) is 3. The number of aromatic nitrogens is 2. The van der Waals surface area contributed by atoms with Crippen LogP contribution in [0, 0.1) is 0 Å². The van der Waals surface area contributed by atoms with Gasteiger partial charge in [0.2, 0.25) is 5.78 Å². The van der Waals surface area contributed by atoms with E-state index < -0.39 is 5.78 Å². The van der Waals surface area contributed by atoms with Gasteiger partial charge in [0.25, 0.3) is 0 Å². The smallest absolute Gasteiger partial charge is 0.235 e. The quantitative estimate of drug-likeness (QED) is 0.544. The maximum atomic E-state index is 12.0. The highest BCUT2D eigenvalue weighted by Gasteiger charge is 2.30. The summed E-state index contributed by atoms with van der Waals surface area (Å²) in [7, 11) is 0. The van der Waals surface area contributed by atoms with Crippen LogP contribution in [0.4, 0.5) is 0 Å². The van der Waals surface area contributed by atoms with E-state index in [9.17, 15) is 4.79 Å². The van der Waals surface area contributed by atoms with Crippen LogP contribution in [-0.2, 0) is 0 Å². The van der Waals surface area contributed by atoms with Gasteiger partial charge >= 0.3 is 0 Å². The summed E-state index contributed by atoms with van der Waals surface area (Å²) in [5, 5.41) is 12.0. The molecule has 82 valence electrons. The van der Waals surface area contributed by atoms with Crippen LogP contribution in [0.3, 0.4) is 0 Å². The van der Waals surface area contributed by atoms with E-state index in [-0.39, 0.29) is 5.71 Å². The Labute approximate surface area is 96.5 Å². The SMILES string of the molecule is O=C1C(=NO)c2ncccc2-c2cccnc21. The monoisotopic (exact) mass is 225 g/mol. The summed E-state index contributed by atoms with van der Waals surface area (Å²) >= 11 is 0. The average molecular weight is 225 g/mol. The molecule has 0 radical (unpaired) electrons. The van der Waals surface area contributed by atoms with Gasteiger partial charge in [-0.3, -0.25) is 14.8 Å². The van der Waals surface area contributed by atoms with Gasteiger partial charge < -0.3 is 5.21 Å². The van der Waals surface area contributed by atoms with E-state index in [1.807, 2.05) is 6.07 Å². The second kappa shape index (κ2) is 3.48. The molecule has 2 aromatic heterocycles. The third-order valence-electron chi connectivity index (χ3n) is 2.66. The summed E-state index contributed by atoms with van der Waals surface area (Å²) in [6, 6.07) is 7.14. The van der Waals surface area contributed by atoms with Crippen molar-refractivity contribution >= 4 is 11.5 Å². The molecule has 0 aromatic carbocycles. The second-order valence-corrected chi connectivity index (χ2v) is 3.58. The van der Waals surface area contributed by atoms with Gasteiger partial charge in [0.05, 0.1) is 0 Å². The second-order valence-electron chi connectivity index (χ2n) is 3.58. The van der Waals surface area contributed by atoms with Gasteiger partial charge in [-0.25, -0.2) is 0 Å². The van der Waals surface area contributed by atoms with Gasteiger partial charge in [0.15, 0.2) is 5.71 Å². The summed E-state index contributed by atoms with van der Waals surface area (Å²) in [4.78, 5) is 20.1. The molecule has 0 bridgehead atoms. The number of carbonyl (C=O) groups excluding carboxylic acids is 1. The number of rotatable bonds is 0. The first-order valence-electron chi connectivity index (χ1n) is 5.00. The van der Waals surface area contributed by atoms with E-state index in [4.69, 9.17) is 5.21 Å². The van der Waals surface area contributed by atoms with Crippen LogP contribution in [0.25, 0.3) is 11.1 Å². The Bertz CT molecular complexity index is 650. The van der Waals surface area contributed by atoms with Crippen molar-refractivity contribution in [2.75, 3.05) is 0 Å². The fraction of sp³-hybridized carbons (Fsp3) is 0. The minimum Gasteiger partial charge on any atom is -0.410 e. The molecular weight excluding hydrogens is 218 g/mol. The minimum absolute atomic E-state index is 0.0631. The van der Waals surface area contributed by atoms with Crippen molar-refractivity contribution in [2.45, 2.75) is 0 Å². The first-order chi connectivity index (χ1) is 8.33. The molecule has 0 spiro atoms. The zero-order chi connectivity index (χ0) is 11.8. The Morgan fingerprint density at radius 2 is 1.59 bits per heavy atom. The van der Waals surface area contributed by atoms with Gasteiger partial charge in [0.1, 0.15) is 11.4 Å². The standard InChI is InChI=1S/C12H7N3O2/c16-12-10-8(4-2-6-14-10)7-3-1-5-13-9(7)11(12)15-17/h1-6,17H. The predicted molar refractivity (Wildman–Crippen MR) is 60.1 cm³/mol. The molecule has 0 saturated heterocycles. The number of carbonyl (C=O) groups is 1. The summed E-state index contributed by atoms with van der Waals surface area (Å²) in [6.45, 7) is 0. The van der Waals surface area contributed by atoms with Gasteiger partial charge in [-0.2, -0.15) is 0 Å². The van der Waals surface area contributed by atoms with Gasteiger partial charge in [0, 0.05) is 23.5 Å². The van der Waals surface area contributed by atoms with E-state index >= 15 is 0 Å². The third kappa shape index (κ3) is 1.25. The van der Waals surface area contributed by atoms with Crippen LogP contribution in [0.2, 0.25) is 0 Å². The zero-order valence-corrected chi connectivity index (χ0v) is 8.66. The van der Waals surface area contributed by atoms with E-state index in [0.29, 0.717) is 17.0 Å². The van der Waals surface area contributed by atoms with Crippen molar-refractivity contribution in [3.63, 3.8) is 0 Å². The van der Waals surface area contributed by atoms with Crippen molar-refractivity contribution in [2.24, 2.45) is 5.16 Å². The molecule has 0 amide bonds. The Morgan fingerprint density at radius 1 is 1.00 bits per heavy atom. The molecule has 0 aliphatic heterocycles. The molecule has 0 saturated carbocycles. The van der Waals surface area contributed by atoms with E-state index in [2.05, 4.69) is 15.1 Å². The molecular formula is C12H7N3O2. The normalized spacial score (nSPS) is 15.5. The molecule has 2 aromatic rings. The Balaban J connectivity index is 2.41. The molecule has 17 heavy (non-hydrogen) atoms. The first kappa shape index (κ1) is 9.65. The fourth-order valence-corrected chi connectivity index (χ4v) is 1.93. The summed E-state index contributed by atoms with van der Waals surface area (Å²) < 4.78 is 0. The van der Waals surface area contributed by atoms with E-state index in [0.717, 1.165) is 5.56 Å². The molecule has 1 aliphatic rings. The van der Waals surface area contributed by atoms with Crippen molar-refractivity contribution < 1.29 is 10.0 Å². The average Bonchev–Trinajstić information content (AvgIpc) is 2.40. The topological polar surface area (TPSA) is 75.4 Å². The van der Waals surface area contributed by atoms with Crippen molar-refractivity contribution in [3.8, 4) is 11.1 Å². The molecule has 0 unspecified atom stereocenters. The molecule has 5 nitrogen and oxygen atoms in total. The lowest BCUT2D eigenvalue weighted by Gasteiger charge is -2.16. The predicted octanol–water partition coefficient (Wildman–Crippen LogP) is 1.52. The highest BCUT2D eigenvalue weighted by Crippen LogP contribution is 2.30.